The van der Waals surface area contributed by atoms with Crippen molar-refractivity contribution in [1.82, 2.24) is 30.6 Å². The molecule has 3 aromatic heterocycles. The highest BCUT2D eigenvalue weighted by molar-refractivity contribution is 5.91. The third-order valence-corrected chi connectivity index (χ3v) is 6.83. The first kappa shape index (κ1) is 19.9. The number of fused-ring (bicyclic) bond motifs is 5. The zero-order chi connectivity index (χ0) is 21.5. The first-order valence-corrected chi connectivity index (χ1v) is 11.6. The normalized spacial score (nSPS) is 26.1. The Morgan fingerprint density at radius 3 is 2.94 bits per heavy atom. The maximum atomic E-state index is 5.39. The molecule has 9 nitrogen and oxygen atoms in total. The van der Waals surface area contributed by atoms with Crippen molar-refractivity contribution in [2.75, 3.05) is 30.4 Å². The lowest BCUT2D eigenvalue weighted by atomic mass is 10.0. The van der Waals surface area contributed by atoms with E-state index in [9.17, 15) is 0 Å². The van der Waals surface area contributed by atoms with E-state index >= 15 is 0 Å². The number of nitrogens with zero attached hydrogens (tertiary/aromatic N) is 4. The summed E-state index contributed by atoms with van der Waals surface area (Å²) in [6.45, 7) is 4.86. The zero-order valence-corrected chi connectivity index (χ0v) is 18.3. The number of hydrazine groups is 1. The number of hydrogen-bond donors (Lipinski definition) is 4. The van der Waals surface area contributed by atoms with Gasteiger partial charge in [-0.15, -0.1) is 0 Å². The fourth-order valence-electron chi connectivity index (χ4n) is 5.18. The van der Waals surface area contributed by atoms with E-state index in [1.54, 1.807) is 0 Å². The fraction of sp³-hybridized carbons (Fsp3) is 0.522. The summed E-state index contributed by atoms with van der Waals surface area (Å²) in [6, 6.07) is 9.42. The number of aryl methyl sites for hydroxylation is 1. The molecule has 3 unspecified atom stereocenters. The molecule has 3 atom stereocenters. The van der Waals surface area contributed by atoms with Crippen molar-refractivity contribution in [3.63, 3.8) is 0 Å². The topological polar surface area (TPSA) is 103 Å². The lowest BCUT2D eigenvalue weighted by Crippen LogP contribution is -2.56. The molecule has 1 aliphatic carbocycles. The highest BCUT2D eigenvalue weighted by Crippen LogP contribution is 2.32. The Labute approximate surface area is 187 Å². The predicted octanol–water partition coefficient (Wildman–Crippen LogP) is 2.96. The second-order valence-electron chi connectivity index (χ2n) is 9.41. The minimum atomic E-state index is 0.362. The lowest BCUT2D eigenvalue weighted by molar-refractivity contribution is -0.0685. The minimum Gasteiger partial charge on any atom is -0.381 e. The second-order valence-corrected chi connectivity index (χ2v) is 9.41. The smallest absolute Gasteiger partial charge is 0.153 e. The van der Waals surface area contributed by atoms with E-state index in [0.29, 0.717) is 24.0 Å². The van der Waals surface area contributed by atoms with E-state index in [1.807, 2.05) is 31.3 Å². The van der Waals surface area contributed by atoms with Crippen LogP contribution in [-0.2, 0) is 4.74 Å². The molecule has 3 saturated heterocycles. The second kappa shape index (κ2) is 8.31. The summed E-state index contributed by atoms with van der Waals surface area (Å²) in [5.74, 6) is 3.05. The van der Waals surface area contributed by atoms with Gasteiger partial charge in [-0.05, 0) is 44.7 Å². The summed E-state index contributed by atoms with van der Waals surface area (Å²) in [5, 5.41) is 17.9. The minimum absolute atomic E-state index is 0.362. The molecule has 0 amide bonds. The van der Waals surface area contributed by atoms with E-state index in [0.717, 1.165) is 66.7 Å². The number of aromatic nitrogens is 4. The van der Waals surface area contributed by atoms with Crippen LogP contribution >= 0.6 is 0 Å². The average molecular weight is 435 g/mol. The van der Waals surface area contributed by atoms with Gasteiger partial charge in [-0.25, -0.2) is 9.99 Å². The van der Waals surface area contributed by atoms with Crippen molar-refractivity contribution in [1.29, 1.82) is 0 Å². The van der Waals surface area contributed by atoms with Crippen molar-refractivity contribution >= 4 is 28.4 Å². The van der Waals surface area contributed by atoms with E-state index in [1.165, 1.54) is 12.8 Å². The third kappa shape index (κ3) is 4.03. The molecule has 6 heterocycles. The van der Waals surface area contributed by atoms with Gasteiger partial charge < -0.3 is 15.4 Å². The highest BCUT2D eigenvalue weighted by atomic mass is 16.5. The van der Waals surface area contributed by atoms with Crippen molar-refractivity contribution in [3.8, 4) is 0 Å². The molecule has 9 heteroatoms. The van der Waals surface area contributed by atoms with Gasteiger partial charge in [-0.1, -0.05) is 0 Å². The third-order valence-electron chi connectivity index (χ3n) is 6.83. The van der Waals surface area contributed by atoms with E-state index in [2.05, 4.69) is 42.3 Å². The first-order chi connectivity index (χ1) is 15.7. The average Bonchev–Trinajstić information content (AvgIpc) is 2.97. The van der Waals surface area contributed by atoms with E-state index in [4.69, 9.17) is 9.72 Å². The number of rotatable bonds is 6. The quantitative estimate of drug-likeness (QED) is 0.470. The molecule has 3 aliphatic heterocycles. The van der Waals surface area contributed by atoms with Crippen LogP contribution in [0.4, 0.5) is 17.5 Å². The molecule has 2 bridgehead atoms. The monoisotopic (exact) mass is 434 g/mol. The molecule has 1 saturated carbocycles. The number of pyridine rings is 2. The number of H-pyrrole nitrogens is 1. The Balaban J connectivity index is 1.24. The summed E-state index contributed by atoms with van der Waals surface area (Å²) in [4.78, 5) is 9.51. The standard InChI is InChI=1S/C23H30N8O/c1-14-7-22(29-28-14)26-21-10-20-19(3-2-6-24-20)23(27-21)25-17-8-16-4-5-18(9-17)31(30-16)11-15-12-32-13-15/h2-3,6-7,10,15-18,30H,4-5,8-9,11-13H2,1H3,(H3,25,26,27,28,29). The molecule has 0 radical (unpaired) electrons. The van der Waals surface area contributed by atoms with Crippen LogP contribution in [0.1, 0.15) is 31.4 Å². The first-order valence-electron chi connectivity index (χ1n) is 11.6. The van der Waals surface area contributed by atoms with Gasteiger partial charge in [0.15, 0.2) is 5.82 Å². The molecule has 4 fully saturated rings. The Hall–Kier alpha value is -2.75. The number of ether oxygens (including phenoxy) is 1. The van der Waals surface area contributed by atoms with Gasteiger partial charge in [0.1, 0.15) is 11.6 Å². The van der Waals surface area contributed by atoms with Crippen LogP contribution in [-0.4, -0.2) is 63.1 Å². The number of anilines is 3. The van der Waals surface area contributed by atoms with Crippen molar-refractivity contribution in [3.05, 3.63) is 36.2 Å². The van der Waals surface area contributed by atoms with Gasteiger partial charge in [0.25, 0.3) is 0 Å². The number of nitrogens with one attached hydrogen (secondary N) is 4. The van der Waals surface area contributed by atoms with Gasteiger partial charge in [-0.2, -0.15) is 5.10 Å². The van der Waals surface area contributed by atoms with Crippen molar-refractivity contribution < 1.29 is 4.74 Å². The Kier molecular flexibility index (Phi) is 5.17. The molecule has 0 spiro atoms. The van der Waals surface area contributed by atoms with Crippen LogP contribution in [0.25, 0.3) is 10.9 Å². The number of aromatic amines is 1. The van der Waals surface area contributed by atoms with Gasteiger partial charge >= 0.3 is 0 Å². The Morgan fingerprint density at radius 1 is 1.19 bits per heavy atom. The molecule has 168 valence electrons. The summed E-state index contributed by atoms with van der Waals surface area (Å²) in [7, 11) is 0. The Bertz CT molecular complexity index is 1100. The largest absolute Gasteiger partial charge is 0.381 e. The molecule has 3 aromatic rings. The van der Waals surface area contributed by atoms with Crippen molar-refractivity contribution in [2.45, 2.75) is 50.7 Å². The molecule has 32 heavy (non-hydrogen) atoms. The number of hydrogen-bond acceptors (Lipinski definition) is 8. The maximum absolute atomic E-state index is 5.39. The van der Waals surface area contributed by atoms with Crippen molar-refractivity contribution in [2.24, 2.45) is 5.92 Å². The van der Waals surface area contributed by atoms with Gasteiger partial charge in [0.05, 0.1) is 18.7 Å². The molecule has 7 rings (SSSR count). The maximum Gasteiger partial charge on any atom is 0.153 e. The van der Waals surface area contributed by atoms with E-state index < -0.39 is 0 Å². The van der Waals surface area contributed by atoms with Crippen LogP contribution in [0.2, 0.25) is 0 Å². The molecule has 4 N–H and O–H groups in total. The summed E-state index contributed by atoms with van der Waals surface area (Å²) >= 11 is 0. The summed E-state index contributed by atoms with van der Waals surface area (Å²) in [5.41, 5.74) is 5.72. The molecular weight excluding hydrogens is 404 g/mol. The SMILES string of the molecule is Cc1cc(Nc2cc3ncccc3c(NC3CC4CCC(C3)N(CC3COC3)N4)n2)n[nH]1. The molecule has 4 aliphatic rings. The van der Waals surface area contributed by atoms with Crippen LogP contribution in [0.3, 0.4) is 0 Å². The fourth-order valence-corrected chi connectivity index (χ4v) is 5.18. The van der Waals surface area contributed by atoms with Crippen LogP contribution in [0.15, 0.2) is 30.5 Å². The van der Waals surface area contributed by atoms with Gasteiger partial charge in [0.2, 0.25) is 0 Å². The predicted molar refractivity (Wildman–Crippen MR) is 124 cm³/mol. The van der Waals surface area contributed by atoms with Crippen LogP contribution < -0.4 is 16.1 Å². The van der Waals surface area contributed by atoms with Gasteiger partial charge in [0, 0.05) is 60.0 Å². The highest BCUT2D eigenvalue weighted by Gasteiger charge is 2.37. The van der Waals surface area contributed by atoms with Crippen LogP contribution in [0.5, 0.6) is 0 Å². The lowest BCUT2D eigenvalue weighted by Gasteiger charge is -2.41. The van der Waals surface area contributed by atoms with Gasteiger partial charge in [-0.3, -0.25) is 15.5 Å². The zero-order valence-electron chi connectivity index (χ0n) is 18.3. The molecule has 0 aromatic carbocycles. The van der Waals surface area contributed by atoms with Crippen LogP contribution in [0, 0.1) is 12.8 Å². The van der Waals surface area contributed by atoms with E-state index in [-0.39, 0.29) is 0 Å². The molecular formula is C23H30N8O. The Morgan fingerprint density at radius 2 is 2.12 bits per heavy atom. The summed E-state index contributed by atoms with van der Waals surface area (Å²) < 4.78 is 5.39. The summed E-state index contributed by atoms with van der Waals surface area (Å²) in [6.07, 6.45) is 6.51.